The van der Waals surface area contributed by atoms with Gasteiger partial charge in [-0.25, -0.2) is 19.7 Å². The molecule has 0 atom stereocenters. The maximum atomic E-state index is 11.6. The molecule has 0 unspecified atom stereocenters. The van der Waals surface area contributed by atoms with Gasteiger partial charge in [0.15, 0.2) is 22.9 Å². The van der Waals surface area contributed by atoms with Crippen molar-refractivity contribution in [1.82, 2.24) is 24.7 Å². The molecule has 0 aliphatic heterocycles. The third-order valence-corrected chi connectivity index (χ3v) is 2.97. The number of nitrogen functional groups attached to an aromatic ring is 1. The largest absolute Gasteiger partial charge is 0.461 e. The summed E-state index contributed by atoms with van der Waals surface area (Å²) in [5.74, 6) is 0.843. The molecule has 0 radical (unpaired) electrons. The van der Waals surface area contributed by atoms with Crippen LogP contribution in [0.2, 0.25) is 0 Å². The number of aryl methyl sites for hydroxylation is 1. The zero-order chi connectivity index (χ0) is 15.7. The lowest BCUT2D eigenvalue weighted by Gasteiger charge is -2.01. The van der Waals surface area contributed by atoms with Crippen LogP contribution in [0.3, 0.4) is 0 Å². The molecule has 3 aromatic rings. The summed E-state index contributed by atoms with van der Waals surface area (Å²) in [5.41, 5.74) is 7.07. The van der Waals surface area contributed by atoms with Gasteiger partial charge >= 0.3 is 5.97 Å². The second kappa shape index (κ2) is 5.43. The molecule has 0 fully saturated rings. The number of carbonyl (C=O) groups is 1. The minimum Gasteiger partial charge on any atom is -0.461 e. The van der Waals surface area contributed by atoms with Crippen molar-refractivity contribution in [3.63, 3.8) is 0 Å². The Bertz CT molecular complexity index is 838. The van der Waals surface area contributed by atoms with Gasteiger partial charge in [-0.05, 0) is 13.8 Å². The van der Waals surface area contributed by atoms with Crippen LogP contribution in [0.15, 0.2) is 16.9 Å². The molecular weight excluding hydrogens is 288 g/mol. The second-order valence-corrected chi connectivity index (χ2v) is 4.60. The Kier molecular flexibility index (Phi) is 3.45. The van der Waals surface area contributed by atoms with Crippen molar-refractivity contribution in [1.29, 1.82) is 0 Å². The summed E-state index contributed by atoms with van der Waals surface area (Å²) in [7, 11) is 0. The van der Waals surface area contributed by atoms with Gasteiger partial charge in [-0.1, -0.05) is 5.16 Å². The van der Waals surface area contributed by atoms with Crippen LogP contribution < -0.4 is 5.73 Å². The predicted molar refractivity (Wildman–Crippen MR) is 76.0 cm³/mol. The highest BCUT2D eigenvalue weighted by Crippen LogP contribution is 2.17. The number of fused-ring (bicyclic) bond motifs is 1. The number of imidazole rings is 1. The van der Waals surface area contributed by atoms with Gasteiger partial charge in [0.25, 0.3) is 0 Å². The van der Waals surface area contributed by atoms with Gasteiger partial charge < -0.3 is 19.6 Å². The summed E-state index contributed by atoms with van der Waals surface area (Å²) in [6.45, 7) is 4.07. The quantitative estimate of drug-likeness (QED) is 0.706. The zero-order valence-electron chi connectivity index (χ0n) is 12.1. The van der Waals surface area contributed by atoms with Crippen molar-refractivity contribution < 1.29 is 14.1 Å². The molecule has 0 saturated heterocycles. The average Bonchev–Trinajstić information content (AvgIpc) is 3.08. The third-order valence-electron chi connectivity index (χ3n) is 2.97. The molecule has 3 rings (SSSR count). The van der Waals surface area contributed by atoms with Gasteiger partial charge in [0, 0.05) is 6.07 Å². The fraction of sp³-hybridized carbons (Fsp3) is 0.308. The number of anilines is 1. The van der Waals surface area contributed by atoms with Crippen LogP contribution in [0.4, 0.5) is 5.82 Å². The molecule has 0 bridgehead atoms. The van der Waals surface area contributed by atoms with E-state index in [1.807, 2.05) is 0 Å². The molecule has 2 N–H and O–H groups in total. The van der Waals surface area contributed by atoms with Crippen LogP contribution >= 0.6 is 0 Å². The van der Waals surface area contributed by atoms with Gasteiger partial charge in [-0.3, -0.25) is 0 Å². The van der Waals surface area contributed by atoms with E-state index in [0.717, 1.165) is 0 Å². The summed E-state index contributed by atoms with van der Waals surface area (Å²) in [6, 6.07) is 1.53. The standard InChI is InChI=1S/C13H14N6O3/c1-3-21-13(20)9-4-8(22-18-9)5-19-6-15-10-11(14)16-7(2)17-12(10)19/h4,6H,3,5H2,1-2H3,(H2,14,16,17). The van der Waals surface area contributed by atoms with E-state index < -0.39 is 5.97 Å². The van der Waals surface area contributed by atoms with E-state index in [2.05, 4.69) is 20.1 Å². The summed E-state index contributed by atoms with van der Waals surface area (Å²) in [5, 5.41) is 3.69. The molecule has 3 aromatic heterocycles. The number of hydrogen-bond donors (Lipinski definition) is 1. The molecule has 3 heterocycles. The topological polar surface area (TPSA) is 122 Å². The number of aromatic nitrogens is 5. The van der Waals surface area contributed by atoms with E-state index in [9.17, 15) is 4.79 Å². The van der Waals surface area contributed by atoms with Gasteiger partial charge in [0.05, 0.1) is 19.5 Å². The van der Waals surface area contributed by atoms with E-state index >= 15 is 0 Å². The fourth-order valence-corrected chi connectivity index (χ4v) is 2.05. The summed E-state index contributed by atoms with van der Waals surface area (Å²) < 4.78 is 11.7. The van der Waals surface area contributed by atoms with Crippen LogP contribution in [0.5, 0.6) is 0 Å². The molecular formula is C13H14N6O3. The number of ether oxygens (including phenoxy) is 1. The monoisotopic (exact) mass is 302 g/mol. The molecule has 0 aliphatic carbocycles. The molecule has 9 nitrogen and oxygen atoms in total. The number of nitrogens with two attached hydrogens (primary N) is 1. The number of nitrogens with zero attached hydrogens (tertiary/aromatic N) is 5. The Morgan fingerprint density at radius 2 is 2.27 bits per heavy atom. The Balaban J connectivity index is 1.89. The highest BCUT2D eigenvalue weighted by molar-refractivity contribution is 5.87. The van der Waals surface area contributed by atoms with Gasteiger partial charge in [-0.15, -0.1) is 0 Å². The maximum absolute atomic E-state index is 11.6. The lowest BCUT2D eigenvalue weighted by Crippen LogP contribution is -2.04. The van der Waals surface area contributed by atoms with Gasteiger partial charge in [0.1, 0.15) is 11.3 Å². The van der Waals surface area contributed by atoms with Crippen molar-refractivity contribution in [3.05, 3.63) is 29.7 Å². The molecule has 9 heteroatoms. The minimum atomic E-state index is -0.518. The predicted octanol–water partition coefficient (Wildman–Crippen LogP) is 0.930. The molecule has 114 valence electrons. The lowest BCUT2D eigenvalue weighted by atomic mass is 10.3. The molecule has 0 aliphatic rings. The lowest BCUT2D eigenvalue weighted by molar-refractivity contribution is 0.0514. The highest BCUT2D eigenvalue weighted by Gasteiger charge is 2.15. The first-order chi connectivity index (χ1) is 10.6. The Labute approximate surface area is 125 Å². The average molecular weight is 302 g/mol. The van der Waals surface area contributed by atoms with Crippen LogP contribution in [0.25, 0.3) is 11.2 Å². The van der Waals surface area contributed by atoms with E-state index in [1.165, 1.54) is 6.07 Å². The number of esters is 1. The molecule has 0 spiro atoms. The van der Waals surface area contributed by atoms with Crippen LogP contribution in [0.1, 0.15) is 29.0 Å². The van der Waals surface area contributed by atoms with E-state index in [1.54, 1.807) is 24.7 Å². The first kappa shape index (κ1) is 14.0. The number of rotatable bonds is 4. The first-order valence-electron chi connectivity index (χ1n) is 6.66. The van der Waals surface area contributed by atoms with Gasteiger partial charge in [-0.2, -0.15) is 0 Å². The minimum absolute atomic E-state index is 0.131. The SMILES string of the molecule is CCOC(=O)c1cc(Cn2cnc3c(N)nc(C)nc32)on1. The van der Waals surface area contributed by atoms with Crippen molar-refractivity contribution in [2.24, 2.45) is 0 Å². The zero-order valence-corrected chi connectivity index (χ0v) is 12.1. The Morgan fingerprint density at radius 3 is 3.05 bits per heavy atom. The molecule has 22 heavy (non-hydrogen) atoms. The number of hydrogen-bond acceptors (Lipinski definition) is 8. The van der Waals surface area contributed by atoms with Crippen molar-refractivity contribution in [2.75, 3.05) is 12.3 Å². The second-order valence-electron chi connectivity index (χ2n) is 4.60. The third kappa shape index (κ3) is 2.48. The maximum Gasteiger partial charge on any atom is 0.360 e. The first-order valence-corrected chi connectivity index (χ1v) is 6.66. The van der Waals surface area contributed by atoms with Crippen molar-refractivity contribution in [3.8, 4) is 0 Å². The van der Waals surface area contributed by atoms with E-state index in [4.69, 9.17) is 15.0 Å². The molecule has 0 amide bonds. The van der Waals surface area contributed by atoms with Gasteiger partial charge in [0.2, 0.25) is 0 Å². The molecule has 0 aromatic carbocycles. The summed E-state index contributed by atoms with van der Waals surface area (Å²) in [4.78, 5) is 24.1. The number of carbonyl (C=O) groups excluding carboxylic acids is 1. The van der Waals surface area contributed by atoms with Crippen molar-refractivity contribution >= 4 is 23.0 Å². The summed E-state index contributed by atoms with van der Waals surface area (Å²) >= 11 is 0. The fourth-order valence-electron chi connectivity index (χ4n) is 2.05. The van der Waals surface area contributed by atoms with E-state index in [-0.39, 0.29) is 12.3 Å². The van der Waals surface area contributed by atoms with Crippen LogP contribution in [-0.4, -0.2) is 37.3 Å². The van der Waals surface area contributed by atoms with Crippen molar-refractivity contribution in [2.45, 2.75) is 20.4 Å². The van der Waals surface area contributed by atoms with Crippen LogP contribution in [0, 0.1) is 6.92 Å². The normalized spacial score (nSPS) is 11.0. The van der Waals surface area contributed by atoms with E-state index in [0.29, 0.717) is 35.1 Å². The van der Waals surface area contributed by atoms with Crippen LogP contribution in [-0.2, 0) is 11.3 Å². The molecule has 0 saturated carbocycles. The Morgan fingerprint density at radius 1 is 1.45 bits per heavy atom. The smallest absolute Gasteiger partial charge is 0.360 e. The highest BCUT2D eigenvalue weighted by atomic mass is 16.5. The Hall–Kier alpha value is -2.97. The summed E-state index contributed by atoms with van der Waals surface area (Å²) in [6.07, 6.45) is 1.59.